The van der Waals surface area contributed by atoms with Gasteiger partial charge in [-0.1, -0.05) is 0 Å². The molecule has 0 saturated carbocycles. The molecule has 0 saturated heterocycles. The van der Waals surface area contributed by atoms with Gasteiger partial charge in [-0.3, -0.25) is 0 Å². The van der Waals surface area contributed by atoms with Crippen LogP contribution in [-0.4, -0.2) is 7.25 Å². The molecule has 21 heavy (non-hydrogen) atoms. The average Bonchev–Trinajstić information content (AvgIpc) is 2.22. The Kier molecular flexibility index (Phi) is 29.9. The van der Waals surface area contributed by atoms with E-state index in [1.165, 1.54) is 0 Å². The SMILES string of the molecule is F[B-](F)(F)F.F[P-](F)(F)(F)(F)F.[C-]#N.[C-]#N.[C-]#N.[C-]#N.[Cu]. The van der Waals surface area contributed by atoms with Crippen LogP contribution in [0.5, 0.6) is 0 Å². The van der Waals surface area contributed by atoms with Crippen molar-refractivity contribution in [2.75, 3.05) is 0 Å². The molecule has 0 aliphatic rings. The molecule has 0 unspecified atom stereocenters. The average molecular weight is 399 g/mol. The predicted molar refractivity (Wildman–Crippen MR) is 43.6 cm³/mol. The van der Waals surface area contributed by atoms with Crippen LogP contribution in [0.1, 0.15) is 0 Å². The quantitative estimate of drug-likeness (QED) is 0.246. The topological polar surface area (TPSA) is 95.2 Å². The van der Waals surface area contributed by atoms with Gasteiger partial charge in [0.2, 0.25) is 0 Å². The largest absolute Gasteiger partial charge is 0.512 e. The van der Waals surface area contributed by atoms with Crippen LogP contribution in [0, 0.1) is 47.3 Å². The van der Waals surface area contributed by atoms with Gasteiger partial charge in [0.1, 0.15) is 0 Å². The van der Waals surface area contributed by atoms with Crippen molar-refractivity contribution in [3.63, 3.8) is 0 Å². The molecule has 0 fully saturated rings. The minimum Gasteiger partial charge on any atom is -0.512 e. The Hall–Kier alpha value is -1.73. The van der Waals surface area contributed by atoms with Gasteiger partial charge in [0, 0.05) is 17.1 Å². The molecule has 0 aliphatic heterocycles. The van der Waals surface area contributed by atoms with Gasteiger partial charge < -0.3 is 64.6 Å². The van der Waals surface area contributed by atoms with E-state index in [1.807, 2.05) is 0 Å². The second-order valence-corrected chi connectivity index (χ2v) is 3.37. The third kappa shape index (κ3) is 1630. The summed E-state index contributed by atoms with van der Waals surface area (Å²) in [7, 11) is -16.7. The maximum Gasteiger partial charge on any atom is 0 e. The van der Waals surface area contributed by atoms with Crippen LogP contribution in [0.15, 0.2) is 0 Å². The fourth-order valence-corrected chi connectivity index (χ4v) is 0. The molecule has 0 aromatic heterocycles. The van der Waals surface area contributed by atoms with E-state index in [0.717, 1.165) is 0 Å². The van der Waals surface area contributed by atoms with Crippen LogP contribution in [0.3, 0.4) is 0 Å². The molecular formula is C4BCuF10N4P-6. The zero-order chi connectivity index (χ0) is 18.9. The summed E-state index contributed by atoms with van der Waals surface area (Å²) in [5.41, 5.74) is 0. The van der Waals surface area contributed by atoms with E-state index in [1.54, 1.807) is 0 Å². The van der Waals surface area contributed by atoms with Gasteiger partial charge in [0.15, 0.2) is 0 Å². The van der Waals surface area contributed by atoms with Crippen LogP contribution < -0.4 is 0 Å². The number of hydrogen-bond acceptors (Lipinski definition) is 4. The summed E-state index contributed by atoms with van der Waals surface area (Å²) in [4.78, 5) is 0. The third-order valence-electron chi connectivity index (χ3n) is 0. The summed E-state index contributed by atoms with van der Waals surface area (Å²) in [6.07, 6.45) is 0. The van der Waals surface area contributed by atoms with E-state index in [2.05, 4.69) is 0 Å². The fourth-order valence-electron chi connectivity index (χ4n) is 0. The van der Waals surface area contributed by atoms with Crippen LogP contribution in [0.4, 0.5) is 42.4 Å². The first-order chi connectivity index (χ1) is 8.45. The van der Waals surface area contributed by atoms with Gasteiger partial charge in [-0.2, -0.15) is 0 Å². The summed E-state index contributed by atoms with van der Waals surface area (Å²) in [5.74, 6) is 0. The Bertz CT molecular complexity index is 259. The third-order valence-corrected chi connectivity index (χ3v) is 0. The molecule has 0 aromatic rings. The molecule has 0 atom stereocenters. The Balaban J connectivity index is -0.0000000249. The smallest absolute Gasteiger partial charge is 0 e. The van der Waals surface area contributed by atoms with Gasteiger partial charge in [0.05, 0.1) is 0 Å². The molecular weight excluding hydrogens is 399 g/mol. The van der Waals surface area contributed by atoms with Gasteiger partial charge in [0.25, 0.3) is 0 Å². The number of rotatable bonds is 0. The van der Waals surface area contributed by atoms with Gasteiger partial charge in [-0.25, -0.2) is 0 Å². The van der Waals surface area contributed by atoms with Gasteiger partial charge in [-0.15, -0.1) is 0 Å². The molecule has 0 aliphatic carbocycles. The second kappa shape index (κ2) is 14.7. The monoisotopic (exact) mass is 399 g/mol. The Morgan fingerprint density at radius 2 is 0.524 bits per heavy atom. The summed E-state index contributed by atoms with van der Waals surface area (Å²) in [6.45, 7) is 19.0. The van der Waals surface area contributed by atoms with Crippen LogP contribution >= 0.6 is 7.81 Å². The van der Waals surface area contributed by atoms with Crippen molar-refractivity contribution in [2.45, 2.75) is 0 Å². The van der Waals surface area contributed by atoms with Crippen molar-refractivity contribution < 1.29 is 59.5 Å². The molecule has 0 aromatic carbocycles. The minimum atomic E-state index is -10.7. The minimum absolute atomic E-state index is 0. The zero-order valence-electron chi connectivity index (χ0n) is 8.89. The Morgan fingerprint density at radius 3 is 0.524 bits per heavy atom. The van der Waals surface area contributed by atoms with Crippen molar-refractivity contribution >= 4 is 15.1 Å². The molecule has 0 heterocycles. The second-order valence-electron chi connectivity index (χ2n) is 1.45. The van der Waals surface area contributed by atoms with Gasteiger partial charge >= 0.3 is 40.2 Å². The summed E-state index contributed by atoms with van der Waals surface area (Å²) >= 11 is 0. The molecule has 0 spiro atoms. The maximum absolute atomic E-state index is 10.7. The summed E-state index contributed by atoms with van der Waals surface area (Å²) in [6, 6.07) is 0. The molecule has 4 nitrogen and oxygen atoms in total. The number of halogens is 10. The Morgan fingerprint density at radius 1 is 0.524 bits per heavy atom. The van der Waals surface area contributed by atoms with Crippen LogP contribution in [0.25, 0.3) is 0 Å². The maximum atomic E-state index is 9.87. The number of nitrogens with zero attached hydrogens (tertiary/aromatic N) is 4. The predicted octanol–water partition coefficient (Wildman–Crippen LogP) is 5.07. The molecule has 1 radical (unpaired) electrons. The van der Waals surface area contributed by atoms with E-state index in [-0.39, 0.29) is 17.1 Å². The Labute approximate surface area is 123 Å². The van der Waals surface area contributed by atoms with Crippen LogP contribution in [0.2, 0.25) is 0 Å². The molecule has 0 bridgehead atoms. The first-order valence-electron chi connectivity index (χ1n) is 2.78. The molecule has 131 valence electrons. The van der Waals surface area contributed by atoms with E-state index in [9.17, 15) is 42.4 Å². The molecule has 0 rings (SSSR count). The standard InChI is InChI=1S/4CN.BF4.Cu.F6P/c4*1-2;2-1(3,4)5;;1-7(2,3,4,5)6/q5*-1;;-1. The van der Waals surface area contributed by atoms with E-state index in [0.29, 0.717) is 0 Å². The van der Waals surface area contributed by atoms with Crippen molar-refractivity contribution in [1.29, 1.82) is 21.0 Å². The van der Waals surface area contributed by atoms with Crippen molar-refractivity contribution in [3.8, 4) is 0 Å². The molecule has 0 amide bonds. The van der Waals surface area contributed by atoms with E-state index in [4.69, 9.17) is 47.3 Å². The molecule has 17 heteroatoms. The summed E-state index contributed by atoms with van der Waals surface area (Å²) in [5, 5.41) is 25.0. The number of hydrogen-bond donors (Lipinski definition) is 0. The van der Waals surface area contributed by atoms with Crippen molar-refractivity contribution in [3.05, 3.63) is 26.3 Å². The van der Waals surface area contributed by atoms with Crippen LogP contribution in [-0.2, 0) is 17.1 Å². The summed E-state index contributed by atoms with van der Waals surface area (Å²) < 4.78 is 98.2. The normalized spacial score (nSPS) is 11.0. The molecule has 0 N–H and O–H groups in total. The zero-order valence-corrected chi connectivity index (χ0v) is 10.7. The van der Waals surface area contributed by atoms with E-state index < -0.39 is 15.1 Å². The first-order valence-corrected chi connectivity index (χ1v) is 4.81. The van der Waals surface area contributed by atoms with Gasteiger partial charge in [-0.05, 0) is 0 Å². The fraction of sp³-hybridized carbons (Fsp3) is 0. The van der Waals surface area contributed by atoms with Crippen molar-refractivity contribution in [2.24, 2.45) is 0 Å². The van der Waals surface area contributed by atoms with Crippen molar-refractivity contribution in [1.82, 2.24) is 0 Å². The van der Waals surface area contributed by atoms with E-state index >= 15 is 0 Å². The first kappa shape index (κ1) is 42.7.